The quantitative estimate of drug-likeness (QED) is 0.0888. The number of rotatable bonds is 17. The van der Waals surface area contributed by atoms with Gasteiger partial charge in [-0.05, 0) is 39.2 Å². The highest BCUT2D eigenvalue weighted by atomic mass is 16.4. The van der Waals surface area contributed by atoms with Crippen molar-refractivity contribution in [2.75, 3.05) is 6.54 Å². The molecule has 0 fully saturated rings. The summed E-state index contributed by atoms with van der Waals surface area (Å²) in [6.45, 7) is 1.49. The number of carbonyl (C=O) groups excluding carboxylic acids is 4. The Morgan fingerprint density at radius 1 is 0.853 bits per heavy atom. The van der Waals surface area contributed by atoms with Gasteiger partial charge in [-0.2, -0.15) is 0 Å². The molecule has 0 radical (unpaired) electrons. The normalized spacial score (nSPS) is 15.2. The smallest absolute Gasteiger partial charge is 0.326 e. The van der Waals surface area contributed by atoms with Crippen LogP contribution in [0.1, 0.15) is 45.4 Å². The highest BCUT2D eigenvalue weighted by Crippen LogP contribution is 2.05. The maximum absolute atomic E-state index is 12.7. The fourth-order valence-corrected chi connectivity index (χ4v) is 2.76. The van der Waals surface area contributed by atoms with Crippen LogP contribution in [0.4, 0.5) is 0 Å². The van der Waals surface area contributed by atoms with E-state index in [1.165, 1.54) is 6.92 Å². The van der Waals surface area contributed by atoms with Crippen molar-refractivity contribution in [2.24, 2.45) is 17.2 Å². The largest absolute Gasteiger partial charge is 0.481 e. The Bertz CT molecular complexity index is 746. The molecule has 0 aromatic carbocycles. The highest BCUT2D eigenvalue weighted by molar-refractivity contribution is 5.95. The Balaban J connectivity index is 5.43. The maximum Gasteiger partial charge on any atom is 0.326 e. The number of aliphatic carboxylic acids is 2. The van der Waals surface area contributed by atoms with Crippen molar-refractivity contribution in [3.8, 4) is 0 Å². The van der Waals surface area contributed by atoms with E-state index in [9.17, 15) is 33.9 Å². The van der Waals surface area contributed by atoms with E-state index < -0.39 is 72.3 Å². The fourth-order valence-electron chi connectivity index (χ4n) is 2.76. The van der Waals surface area contributed by atoms with Crippen LogP contribution in [-0.4, -0.2) is 87.7 Å². The van der Waals surface area contributed by atoms with Gasteiger partial charge in [-0.3, -0.25) is 24.0 Å². The number of carbonyl (C=O) groups is 6. The van der Waals surface area contributed by atoms with Crippen molar-refractivity contribution in [3.05, 3.63) is 0 Å². The summed E-state index contributed by atoms with van der Waals surface area (Å²) in [6, 6.07) is -5.78. The number of primary amides is 1. The first kappa shape index (κ1) is 30.7. The average Bonchev–Trinajstić information content (AvgIpc) is 2.73. The summed E-state index contributed by atoms with van der Waals surface area (Å²) in [6.07, 6.45) is -1.73. The lowest BCUT2D eigenvalue weighted by Gasteiger charge is -2.26. The minimum Gasteiger partial charge on any atom is -0.481 e. The Kier molecular flexibility index (Phi) is 14.0. The summed E-state index contributed by atoms with van der Waals surface area (Å²) >= 11 is 0. The zero-order valence-corrected chi connectivity index (χ0v) is 18.9. The van der Waals surface area contributed by atoms with Gasteiger partial charge in [0.25, 0.3) is 0 Å². The van der Waals surface area contributed by atoms with E-state index in [0.717, 1.165) is 0 Å². The van der Waals surface area contributed by atoms with Crippen molar-refractivity contribution in [3.63, 3.8) is 0 Å². The topological polar surface area (TPSA) is 277 Å². The Labute approximate surface area is 195 Å². The maximum atomic E-state index is 12.7. The summed E-state index contributed by atoms with van der Waals surface area (Å²) < 4.78 is 0. The van der Waals surface area contributed by atoms with Crippen molar-refractivity contribution in [2.45, 2.75) is 75.7 Å². The van der Waals surface area contributed by atoms with E-state index in [1.807, 2.05) is 0 Å². The molecule has 0 aliphatic carbocycles. The summed E-state index contributed by atoms with van der Waals surface area (Å²) in [5, 5.41) is 34.5. The second-order valence-electron chi connectivity index (χ2n) is 7.68. The van der Waals surface area contributed by atoms with Crippen LogP contribution in [0.25, 0.3) is 0 Å². The van der Waals surface area contributed by atoms with Gasteiger partial charge in [-0.25, -0.2) is 4.79 Å². The molecule has 5 unspecified atom stereocenters. The molecule has 15 nitrogen and oxygen atoms in total. The number of carboxylic acids is 2. The molecule has 0 aromatic rings. The molecule has 0 aliphatic rings. The first-order valence-electron chi connectivity index (χ1n) is 10.6. The number of nitrogens with two attached hydrogens (primary N) is 3. The second-order valence-corrected chi connectivity index (χ2v) is 7.68. The fraction of sp³-hybridized carbons (Fsp3) is 0.684. The predicted octanol–water partition coefficient (Wildman–Crippen LogP) is -3.90. The van der Waals surface area contributed by atoms with E-state index in [2.05, 4.69) is 16.0 Å². The van der Waals surface area contributed by atoms with Crippen molar-refractivity contribution >= 4 is 35.6 Å². The first-order chi connectivity index (χ1) is 15.8. The number of hydrogen-bond acceptors (Lipinski definition) is 9. The number of unbranched alkanes of at least 4 members (excludes halogenated alkanes) is 1. The van der Waals surface area contributed by atoms with Crippen LogP contribution in [0.2, 0.25) is 0 Å². The van der Waals surface area contributed by atoms with Gasteiger partial charge in [0.2, 0.25) is 23.6 Å². The van der Waals surface area contributed by atoms with E-state index >= 15 is 0 Å². The van der Waals surface area contributed by atoms with Crippen molar-refractivity contribution in [1.82, 2.24) is 16.0 Å². The van der Waals surface area contributed by atoms with Crippen LogP contribution in [0.3, 0.4) is 0 Å². The number of carboxylic acid groups (broad SMARTS) is 2. The lowest BCUT2D eigenvalue weighted by Crippen LogP contribution is -2.59. The third-order valence-corrected chi connectivity index (χ3v) is 4.67. The van der Waals surface area contributed by atoms with Crippen molar-refractivity contribution < 1.29 is 44.1 Å². The molecule has 194 valence electrons. The molecule has 0 bridgehead atoms. The molecule has 5 atom stereocenters. The molecule has 0 aliphatic heterocycles. The zero-order valence-electron chi connectivity index (χ0n) is 18.9. The number of hydrogen-bond donors (Lipinski definition) is 9. The molecule has 0 spiro atoms. The van der Waals surface area contributed by atoms with Gasteiger partial charge < -0.3 is 48.5 Å². The highest BCUT2D eigenvalue weighted by Gasteiger charge is 2.32. The van der Waals surface area contributed by atoms with Crippen LogP contribution >= 0.6 is 0 Å². The molecule has 0 saturated heterocycles. The van der Waals surface area contributed by atoms with Gasteiger partial charge in [0.15, 0.2) is 0 Å². The molecule has 4 amide bonds. The van der Waals surface area contributed by atoms with Gasteiger partial charge in [-0.1, -0.05) is 0 Å². The summed E-state index contributed by atoms with van der Waals surface area (Å²) in [5.74, 6) is -6.50. The summed E-state index contributed by atoms with van der Waals surface area (Å²) in [4.78, 5) is 70.5. The van der Waals surface area contributed by atoms with Gasteiger partial charge in [-0.15, -0.1) is 0 Å². The standard InChI is InChI=1S/C19H34N6O9/c1-9(26)15(25-16(30)10(21)5-6-13(22)27)18(32)23-11(4-2-3-7-20)17(31)24-12(19(33)34)8-14(28)29/h9-12,15,26H,2-8,20-21H2,1H3,(H2,22,27)(H,23,32)(H,24,31)(H,25,30)(H,28,29)(H,33,34). The number of aliphatic hydroxyl groups excluding tert-OH is 1. The average molecular weight is 491 g/mol. The molecule has 0 heterocycles. The van der Waals surface area contributed by atoms with Crippen LogP contribution < -0.4 is 33.2 Å². The monoisotopic (exact) mass is 490 g/mol. The molecule has 34 heavy (non-hydrogen) atoms. The summed E-state index contributed by atoms with van der Waals surface area (Å²) in [5.41, 5.74) is 16.1. The molecule has 12 N–H and O–H groups in total. The van der Waals surface area contributed by atoms with Crippen LogP contribution in [-0.2, 0) is 28.8 Å². The lowest BCUT2D eigenvalue weighted by molar-refractivity contribution is -0.147. The molecular weight excluding hydrogens is 456 g/mol. The van der Waals surface area contributed by atoms with E-state index in [0.29, 0.717) is 12.8 Å². The Hall–Kier alpha value is -3.30. The third-order valence-electron chi connectivity index (χ3n) is 4.67. The SMILES string of the molecule is CC(O)C(NC(=O)C(N)CCC(N)=O)C(=O)NC(CCCCN)C(=O)NC(CC(=O)O)C(=O)O. The number of amides is 4. The van der Waals surface area contributed by atoms with Crippen molar-refractivity contribution in [1.29, 1.82) is 0 Å². The van der Waals surface area contributed by atoms with E-state index in [-0.39, 0.29) is 25.8 Å². The third kappa shape index (κ3) is 12.1. The first-order valence-corrected chi connectivity index (χ1v) is 10.6. The van der Waals surface area contributed by atoms with Crippen LogP contribution in [0, 0.1) is 0 Å². The van der Waals surface area contributed by atoms with Gasteiger partial charge in [0, 0.05) is 6.42 Å². The molecule has 0 rings (SSSR count). The predicted molar refractivity (Wildman–Crippen MR) is 117 cm³/mol. The Morgan fingerprint density at radius 3 is 1.91 bits per heavy atom. The number of aliphatic hydroxyl groups is 1. The van der Waals surface area contributed by atoms with Gasteiger partial charge in [0.05, 0.1) is 18.6 Å². The van der Waals surface area contributed by atoms with E-state index in [4.69, 9.17) is 27.4 Å². The van der Waals surface area contributed by atoms with Gasteiger partial charge in [0.1, 0.15) is 18.1 Å². The molecule has 0 aromatic heterocycles. The van der Waals surface area contributed by atoms with Crippen LogP contribution in [0.5, 0.6) is 0 Å². The van der Waals surface area contributed by atoms with Crippen LogP contribution in [0.15, 0.2) is 0 Å². The molecular formula is C19H34N6O9. The molecule has 15 heteroatoms. The Morgan fingerprint density at radius 2 is 1.44 bits per heavy atom. The second kappa shape index (κ2) is 15.5. The minimum atomic E-state index is -1.74. The number of nitrogens with one attached hydrogen (secondary N) is 3. The molecule has 0 saturated carbocycles. The van der Waals surface area contributed by atoms with Gasteiger partial charge >= 0.3 is 11.9 Å². The minimum absolute atomic E-state index is 0.0206. The lowest BCUT2D eigenvalue weighted by atomic mass is 10.0. The zero-order chi connectivity index (χ0) is 26.4. The summed E-state index contributed by atoms with van der Waals surface area (Å²) in [7, 11) is 0. The van der Waals surface area contributed by atoms with E-state index in [1.54, 1.807) is 0 Å².